The summed E-state index contributed by atoms with van der Waals surface area (Å²) in [7, 11) is -6.69. The average Bonchev–Trinajstić information content (AvgIpc) is 3.95. The lowest BCUT2D eigenvalue weighted by Gasteiger charge is -2.24. The molecule has 0 amide bonds. The molecule has 0 aliphatic carbocycles. The zero-order valence-corrected chi connectivity index (χ0v) is 38.9. The van der Waals surface area contributed by atoms with Gasteiger partial charge in [0, 0.05) is 37.5 Å². The summed E-state index contributed by atoms with van der Waals surface area (Å²) in [5.74, 6) is -4.55. The van der Waals surface area contributed by atoms with E-state index in [1.165, 1.54) is 66.3 Å². The van der Waals surface area contributed by atoms with Gasteiger partial charge in [0.1, 0.15) is 22.8 Å². The first-order chi connectivity index (χ1) is 31.1. The second kappa shape index (κ2) is 25.0. The predicted octanol–water partition coefficient (Wildman–Crippen LogP) is 4.54. The maximum Gasteiger partial charge on any atom is 0.376 e. The van der Waals surface area contributed by atoms with E-state index >= 15 is 0 Å². The Morgan fingerprint density at radius 1 is 0.567 bits per heavy atom. The summed E-state index contributed by atoms with van der Waals surface area (Å²) in [6, 6.07) is 21.4. The fraction of sp³-hybridized carbons (Fsp3) is 0.262. The number of carbonyl (C=O) groups is 5. The summed E-state index contributed by atoms with van der Waals surface area (Å²) >= 11 is 0. The first-order valence-corrected chi connectivity index (χ1v) is 22.8. The molecule has 67 heavy (non-hydrogen) atoms. The van der Waals surface area contributed by atoms with E-state index in [0.717, 1.165) is 12.8 Å². The molecule has 0 atom stereocenters. The lowest BCUT2D eigenvalue weighted by Crippen LogP contribution is -2.24. The first kappa shape index (κ1) is 56.0. The summed E-state index contributed by atoms with van der Waals surface area (Å²) in [5, 5.41) is 42.7. The smallest absolute Gasteiger partial charge is 0.376 e. The van der Waals surface area contributed by atoms with Crippen molar-refractivity contribution in [3.05, 3.63) is 143 Å². The first-order valence-electron chi connectivity index (χ1n) is 19.6. The van der Waals surface area contributed by atoms with Gasteiger partial charge in [-0.1, -0.05) is 38.1 Å². The molecule has 6 rings (SSSR count). The van der Waals surface area contributed by atoms with Crippen LogP contribution in [0.1, 0.15) is 123 Å². The van der Waals surface area contributed by atoms with Crippen molar-refractivity contribution >= 4 is 55.7 Å². The van der Waals surface area contributed by atoms with Gasteiger partial charge in [-0.15, -0.1) is 0 Å². The molecular weight excluding hydrogens is 918 g/mol. The normalized spacial score (nSPS) is 10.9. The average molecular weight is 969 g/mol. The highest BCUT2D eigenvalue weighted by Gasteiger charge is 2.28. The number of hydrogen-bond donors (Lipinski definition) is 8. The molecule has 0 aromatic carbocycles. The number of aromatic carboxylic acids is 4. The molecule has 6 aromatic rings. The second-order valence-electron chi connectivity index (χ2n) is 14.4. The van der Waals surface area contributed by atoms with Crippen LogP contribution in [0, 0.1) is 6.92 Å². The molecule has 0 bridgehead atoms. The number of rotatable bonds is 12. The second-order valence-corrected chi connectivity index (χ2v) is 17.4. The summed E-state index contributed by atoms with van der Waals surface area (Å²) in [4.78, 5) is 104. The van der Waals surface area contributed by atoms with Crippen molar-refractivity contribution in [2.75, 3.05) is 0 Å². The fourth-order valence-electron chi connectivity index (χ4n) is 5.25. The highest BCUT2D eigenvalue weighted by Crippen LogP contribution is 2.32. The summed E-state index contributed by atoms with van der Waals surface area (Å²) in [5.41, 5.74) is 0.624. The lowest BCUT2D eigenvalue weighted by atomic mass is 9.84. The molecule has 0 radical (unpaired) electrons. The standard InChI is InChI=1S/C15H14N2O4.C9H14N2O2.C8H7NO3.C6H8NO3P.C4H7N2O3P/c1-15(2,11-7-3-5-9(16-11)13(18)19)12-8-4-6-10(17-12)14(20)21;1-3-7(4-2)11-6-5-8(10-11)9(12)13;1-5(10)6-3-2-4-7(9-6)8(11)12;1-5-3-2-4-6(7-5)11(8,9)10;1-6-3-2-4(5-6)10(7,8)9/h3-8H,1-2H3,(H,18,19)(H,20,21);5-7H,3-4H2,1-2H3,(H,12,13);2-4H,1H3,(H,11,12);2-4H,1H3,(H2,8,9,10);2-3H,1H3,(H2,7,8,9). The van der Waals surface area contributed by atoms with Gasteiger partial charge in [0.25, 0.3) is 0 Å². The Balaban J connectivity index is 0.000000297. The van der Waals surface area contributed by atoms with E-state index < -0.39 is 44.5 Å². The molecule has 0 aliphatic heterocycles. The number of pyridine rings is 4. The van der Waals surface area contributed by atoms with Crippen LogP contribution in [0.4, 0.5) is 0 Å². The number of carbonyl (C=O) groups excluding carboxylic acids is 1. The van der Waals surface area contributed by atoms with Gasteiger partial charge < -0.3 is 40.0 Å². The Bertz CT molecular complexity index is 2670. The van der Waals surface area contributed by atoms with Crippen molar-refractivity contribution in [1.29, 1.82) is 0 Å². The van der Waals surface area contributed by atoms with Crippen molar-refractivity contribution in [1.82, 2.24) is 39.5 Å². The van der Waals surface area contributed by atoms with Gasteiger partial charge >= 0.3 is 39.1 Å². The maximum atomic E-state index is 11.0. The van der Waals surface area contributed by atoms with Crippen LogP contribution in [0.5, 0.6) is 0 Å². The maximum absolute atomic E-state index is 11.0. The summed E-state index contributed by atoms with van der Waals surface area (Å²) in [6.07, 6.45) is 5.14. The van der Waals surface area contributed by atoms with Gasteiger partial charge in [-0.05, 0) is 94.3 Å². The Labute approximate surface area is 383 Å². The van der Waals surface area contributed by atoms with Crippen LogP contribution in [0.2, 0.25) is 0 Å². The highest BCUT2D eigenvalue weighted by atomic mass is 31.2. The molecule has 23 nitrogen and oxygen atoms in total. The minimum absolute atomic E-state index is 0.0602. The van der Waals surface area contributed by atoms with E-state index in [2.05, 4.69) is 44.0 Å². The van der Waals surface area contributed by atoms with Crippen LogP contribution in [0.3, 0.4) is 0 Å². The Morgan fingerprint density at radius 3 is 1.34 bits per heavy atom. The van der Waals surface area contributed by atoms with E-state index in [1.807, 2.05) is 13.8 Å². The fourth-order valence-corrected chi connectivity index (χ4v) is 6.34. The number of carboxylic acids is 4. The number of hydrogen-bond acceptors (Lipinski definition) is 13. The Kier molecular flexibility index (Phi) is 20.9. The number of carboxylic acid groups (broad SMARTS) is 4. The minimum Gasteiger partial charge on any atom is -0.477 e. The highest BCUT2D eigenvalue weighted by molar-refractivity contribution is 7.60. The molecule has 0 aliphatic rings. The van der Waals surface area contributed by atoms with Crippen LogP contribution in [-0.4, -0.2) is 109 Å². The predicted molar refractivity (Wildman–Crippen MR) is 240 cm³/mol. The SMILES string of the molecule is CC(=O)c1cccc(C(=O)O)n1.CC(C)(c1cccc(C(=O)O)n1)c1cccc(C(=O)O)n1.CCC(CC)n1ccc(C(=O)O)n1.Cc1cccc(P(=O)(O)O)n1.Cn1ccc(P(=O)(O)O)n1. The van der Waals surface area contributed by atoms with Crippen molar-refractivity contribution in [2.24, 2.45) is 7.05 Å². The van der Waals surface area contributed by atoms with Gasteiger partial charge in [-0.3, -0.25) is 23.3 Å². The zero-order chi connectivity index (χ0) is 50.9. The summed E-state index contributed by atoms with van der Waals surface area (Å²) < 4.78 is 24.1. The molecule has 0 saturated heterocycles. The molecule has 358 valence electrons. The number of nitrogens with zero attached hydrogens (tertiary/aromatic N) is 8. The molecule has 0 saturated carbocycles. The van der Waals surface area contributed by atoms with Gasteiger partial charge in [0.15, 0.2) is 22.3 Å². The molecule has 8 N–H and O–H groups in total. The van der Waals surface area contributed by atoms with Crippen molar-refractivity contribution in [3.63, 3.8) is 0 Å². The van der Waals surface area contributed by atoms with Crippen LogP contribution in [0.25, 0.3) is 0 Å². The largest absolute Gasteiger partial charge is 0.477 e. The van der Waals surface area contributed by atoms with Gasteiger partial charge in [0.2, 0.25) is 0 Å². The number of Topliss-reactive ketones (excluding diaryl/α,β-unsaturated/α-hetero) is 1. The Morgan fingerprint density at radius 2 is 1.00 bits per heavy atom. The van der Waals surface area contributed by atoms with Crippen LogP contribution < -0.4 is 10.9 Å². The lowest BCUT2D eigenvalue weighted by molar-refractivity contribution is 0.0678. The third-order valence-electron chi connectivity index (χ3n) is 8.86. The third-order valence-corrected chi connectivity index (χ3v) is 10.5. The van der Waals surface area contributed by atoms with Crippen molar-refractivity contribution in [2.45, 2.75) is 65.8 Å². The van der Waals surface area contributed by atoms with E-state index in [4.69, 9.17) is 40.0 Å². The number of aryl methyl sites for hydroxylation is 2. The third kappa shape index (κ3) is 18.0. The number of ketones is 1. The van der Waals surface area contributed by atoms with Crippen LogP contribution in [-0.2, 0) is 21.6 Å². The van der Waals surface area contributed by atoms with E-state index in [-0.39, 0.29) is 45.1 Å². The molecule has 6 aromatic heterocycles. The number of aromatic nitrogens is 8. The van der Waals surface area contributed by atoms with Crippen LogP contribution >= 0.6 is 15.2 Å². The van der Waals surface area contributed by atoms with Crippen molar-refractivity contribution in [3.8, 4) is 0 Å². The molecule has 6 heterocycles. The quantitative estimate of drug-likeness (QED) is 0.0616. The molecule has 0 unspecified atom stereocenters. The van der Waals surface area contributed by atoms with Crippen LogP contribution in [0.15, 0.2) is 97.3 Å². The summed E-state index contributed by atoms with van der Waals surface area (Å²) in [6.45, 7) is 10.8. The minimum atomic E-state index is -4.16. The Hall–Kier alpha value is -7.13. The van der Waals surface area contributed by atoms with Crippen molar-refractivity contribution < 1.29 is 73.1 Å². The monoisotopic (exact) mass is 968 g/mol. The van der Waals surface area contributed by atoms with Gasteiger partial charge in [-0.2, -0.15) is 10.2 Å². The van der Waals surface area contributed by atoms with E-state index in [0.29, 0.717) is 23.1 Å². The topological polar surface area (TPSA) is 369 Å². The molecule has 25 heteroatoms. The van der Waals surface area contributed by atoms with E-state index in [1.54, 1.807) is 61.2 Å². The molecule has 0 fully saturated rings. The van der Waals surface area contributed by atoms with Gasteiger partial charge in [0.05, 0.1) is 17.4 Å². The van der Waals surface area contributed by atoms with E-state index in [9.17, 15) is 33.1 Å². The molecular formula is C42H50N8O15P2. The molecule has 0 spiro atoms. The zero-order valence-electron chi connectivity index (χ0n) is 37.1. The van der Waals surface area contributed by atoms with Gasteiger partial charge in [-0.25, -0.2) is 39.1 Å².